The van der Waals surface area contributed by atoms with Crippen LogP contribution in [0, 0.1) is 5.41 Å². The van der Waals surface area contributed by atoms with Gasteiger partial charge < -0.3 is 24.8 Å². The third kappa shape index (κ3) is 4.19. The van der Waals surface area contributed by atoms with Crippen LogP contribution >= 0.6 is 12.4 Å². The van der Waals surface area contributed by atoms with Crippen LogP contribution in [0.4, 0.5) is 0 Å². The minimum absolute atomic E-state index is 0. The summed E-state index contributed by atoms with van der Waals surface area (Å²) in [5.74, 6) is 1.60. The average Bonchev–Trinajstić information content (AvgIpc) is 2.66. The van der Waals surface area contributed by atoms with Crippen molar-refractivity contribution in [1.82, 2.24) is 4.90 Å². The van der Waals surface area contributed by atoms with Crippen LogP contribution in [0.15, 0.2) is 24.3 Å². The molecule has 2 N–H and O–H groups in total. The minimum Gasteiger partial charge on any atom is -0.486 e. The minimum atomic E-state index is -0.498. The summed E-state index contributed by atoms with van der Waals surface area (Å²) in [5.41, 5.74) is 5.47. The number of nitrogens with zero attached hydrogens (tertiary/aromatic N) is 1. The Bertz CT molecular complexity index is 578. The van der Waals surface area contributed by atoms with Crippen LogP contribution in [-0.4, -0.2) is 56.4 Å². The monoisotopic (exact) mass is 370 g/mol. The van der Waals surface area contributed by atoms with Gasteiger partial charge in [-0.2, -0.15) is 0 Å². The molecule has 1 aromatic rings. The van der Waals surface area contributed by atoms with Crippen molar-refractivity contribution >= 4 is 18.3 Å². The van der Waals surface area contributed by atoms with Crippen molar-refractivity contribution in [2.45, 2.75) is 25.9 Å². The lowest BCUT2D eigenvalue weighted by Gasteiger charge is -2.40. The summed E-state index contributed by atoms with van der Waals surface area (Å²) in [6.45, 7) is 5.11. The second-order valence-corrected chi connectivity index (χ2v) is 6.44. The molecule has 1 saturated heterocycles. The van der Waals surface area contributed by atoms with Crippen molar-refractivity contribution in [3.8, 4) is 11.5 Å². The Morgan fingerprint density at radius 3 is 2.60 bits per heavy atom. The van der Waals surface area contributed by atoms with Gasteiger partial charge in [-0.25, -0.2) is 0 Å². The van der Waals surface area contributed by atoms with Crippen LogP contribution in [-0.2, 0) is 9.53 Å². The molecule has 0 radical (unpaired) electrons. The molecule has 25 heavy (non-hydrogen) atoms. The Hall–Kier alpha value is -1.50. The van der Waals surface area contributed by atoms with E-state index in [1.165, 1.54) is 0 Å². The predicted molar refractivity (Wildman–Crippen MR) is 97.4 cm³/mol. The van der Waals surface area contributed by atoms with Crippen LogP contribution in [0.5, 0.6) is 11.5 Å². The van der Waals surface area contributed by atoms with E-state index < -0.39 is 5.41 Å². The van der Waals surface area contributed by atoms with Gasteiger partial charge in [0.2, 0.25) is 5.91 Å². The summed E-state index contributed by atoms with van der Waals surface area (Å²) in [6, 6.07) is 7.61. The fourth-order valence-corrected chi connectivity index (χ4v) is 3.36. The first-order valence-corrected chi connectivity index (χ1v) is 8.64. The topological polar surface area (TPSA) is 74.0 Å². The highest BCUT2D eigenvalue weighted by molar-refractivity contribution is 5.85. The van der Waals surface area contributed by atoms with Crippen molar-refractivity contribution in [1.29, 1.82) is 0 Å². The molecule has 1 amide bonds. The zero-order valence-electron chi connectivity index (χ0n) is 14.6. The van der Waals surface area contributed by atoms with Crippen molar-refractivity contribution in [3.05, 3.63) is 24.3 Å². The third-order valence-electron chi connectivity index (χ3n) is 4.95. The standard InChI is InChI=1S/C18H26N2O4.ClH/c1-2-20(17(21)18(13-19)7-9-22-10-8-18)11-14-12-23-15-5-3-4-6-16(15)24-14;/h3-6,14H,2,7-13,19H2,1H3;1H. The number of halogens is 1. The Balaban J connectivity index is 0.00000225. The summed E-state index contributed by atoms with van der Waals surface area (Å²) >= 11 is 0. The molecule has 1 fully saturated rings. The van der Waals surface area contributed by atoms with Crippen LogP contribution < -0.4 is 15.2 Å². The molecule has 2 aliphatic rings. The number of nitrogens with two attached hydrogens (primary N) is 1. The van der Waals surface area contributed by atoms with E-state index in [0.717, 1.165) is 11.5 Å². The van der Waals surface area contributed by atoms with Gasteiger partial charge in [-0.05, 0) is 31.9 Å². The van der Waals surface area contributed by atoms with Crippen molar-refractivity contribution in [3.63, 3.8) is 0 Å². The van der Waals surface area contributed by atoms with Gasteiger partial charge in [-0.3, -0.25) is 4.79 Å². The molecule has 0 aromatic heterocycles. The van der Waals surface area contributed by atoms with Crippen LogP contribution in [0.25, 0.3) is 0 Å². The fourth-order valence-electron chi connectivity index (χ4n) is 3.36. The number of para-hydroxylation sites is 2. The number of hydrogen-bond acceptors (Lipinski definition) is 5. The van der Waals surface area contributed by atoms with E-state index in [9.17, 15) is 4.79 Å². The molecule has 7 heteroatoms. The summed E-state index contributed by atoms with van der Waals surface area (Å²) in [6.07, 6.45) is 1.20. The highest BCUT2D eigenvalue weighted by Gasteiger charge is 2.41. The SMILES string of the molecule is CCN(CC1COc2ccccc2O1)C(=O)C1(CN)CCOCC1.Cl. The number of ether oxygens (including phenoxy) is 3. The van der Waals surface area contributed by atoms with Crippen molar-refractivity contribution in [2.24, 2.45) is 11.1 Å². The molecular formula is C18H27ClN2O4. The highest BCUT2D eigenvalue weighted by Crippen LogP contribution is 2.33. The molecule has 140 valence electrons. The van der Waals surface area contributed by atoms with Gasteiger partial charge in [0.05, 0.1) is 12.0 Å². The quantitative estimate of drug-likeness (QED) is 0.856. The molecule has 2 aliphatic heterocycles. The van der Waals surface area contributed by atoms with Gasteiger partial charge >= 0.3 is 0 Å². The number of fused-ring (bicyclic) bond motifs is 1. The Kier molecular flexibility index (Phi) is 6.93. The molecule has 0 saturated carbocycles. The maximum Gasteiger partial charge on any atom is 0.230 e. The van der Waals surface area contributed by atoms with E-state index in [-0.39, 0.29) is 24.4 Å². The number of benzene rings is 1. The first kappa shape index (κ1) is 19.8. The van der Waals surface area contributed by atoms with E-state index in [0.29, 0.717) is 52.3 Å². The molecule has 1 unspecified atom stereocenters. The zero-order valence-corrected chi connectivity index (χ0v) is 15.4. The van der Waals surface area contributed by atoms with Gasteiger partial charge in [-0.15, -0.1) is 12.4 Å². The van der Waals surface area contributed by atoms with Crippen LogP contribution in [0.2, 0.25) is 0 Å². The predicted octanol–water partition coefficient (Wildman–Crippen LogP) is 1.85. The maximum absolute atomic E-state index is 13.1. The third-order valence-corrected chi connectivity index (χ3v) is 4.95. The lowest BCUT2D eigenvalue weighted by Crippen LogP contribution is -2.53. The number of likely N-dealkylation sites (N-methyl/N-ethyl adjacent to an activating group) is 1. The summed E-state index contributed by atoms with van der Waals surface area (Å²) in [5, 5.41) is 0. The summed E-state index contributed by atoms with van der Waals surface area (Å²) in [4.78, 5) is 14.9. The Morgan fingerprint density at radius 2 is 1.96 bits per heavy atom. The van der Waals surface area contributed by atoms with Gasteiger partial charge in [0, 0.05) is 26.3 Å². The number of amides is 1. The van der Waals surface area contributed by atoms with Crippen LogP contribution in [0.3, 0.4) is 0 Å². The molecule has 6 nitrogen and oxygen atoms in total. The Morgan fingerprint density at radius 1 is 1.28 bits per heavy atom. The average molecular weight is 371 g/mol. The van der Waals surface area contributed by atoms with Crippen LogP contribution in [0.1, 0.15) is 19.8 Å². The van der Waals surface area contributed by atoms with E-state index in [2.05, 4.69) is 0 Å². The number of rotatable bonds is 5. The van der Waals surface area contributed by atoms with E-state index in [1.807, 2.05) is 36.1 Å². The van der Waals surface area contributed by atoms with Crippen molar-refractivity contribution < 1.29 is 19.0 Å². The highest BCUT2D eigenvalue weighted by atomic mass is 35.5. The van der Waals surface area contributed by atoms with Crippen molar-refractivity contribution in [2.75, 3.05) is 39.5 Å². The van der Waals surface area contributed by atoms with Gasteiger partial charge in [0.15, 0.2) is 17.6 Å². The second kappa shape index (κ2) is 8.74. The lowest BCUT2D eigenvalue weighted by atomic mass is 9.78. The van der Waals surface area contributed by atoms with Gasteiger partial charge in [0.25, 0.3) is 0 Å². The molecule has 1 atom stereocenters. The van der Waals surface area contributed by atoms with E-state index in [4.69, 9.17) is 19.9 Å². The lowest BCUT2D eigenvalue weighted by molar-refractivity contribution is -0.148. The molecule has 2 heterocycles. The first-order valence-electron chi connectivity index (χ1n) is 8.64. The molecule has 1 aromatic carbocycles. The Labute approximate surface area is 155 Å². The summed E-state index contributed by atoms with van der Waals surface area (Å²) in [7, 11) is 0. The summed E-state index contributed by atoms with van der Waals surface area (Å²) < 4.78 is 17.2. The van der Waals surface area contributed by atoms with E-state index in [1.54, 1.807) is 0 Å². The number of hydrogen-bond donors (Lipinski definition) is 1. The fraction of sp³-hybridized carbons (Fsp3) is 0.611. The number of carbonyl (C=O) groups is 1. The second-order valence-electron chi connectivity index (χ2n) is 6.44. The smallest absolute Gasteiger partial charge is 0.230 e. The molecule has 3 rings (SSSR count). The zero-order chi connectivity index (χ0) is 17.0. The number of carbonyl (C=O) groups excluding carboxylic acids is 1. The molecule has 0 bridgehead atoms. The molecule has 0 aliphatic carbocycles. The maximum atomic E-state index is 13.1. The molecular weight excluding hydrogens is 344 g/mol. The largest absolute Gasteiger partial charge is 0.486 e. The normalized spacial score (nSPS) is 21.1. The molecule has 0 spiro atoms. The van der Waals surface area contributed by atoms with E-state index >= 15 is 0 Å². The first-order chi connectivity index (χ1) is 11.7. The van der Waals surface area contributed by atoms with Gasteiger partial charge in [-0.1, -0.05) is 12.1 Å². The van der Waals surface area contributed by atoms with Gasteiger partial charge in [0.1, 0.15) is 6.61 Å².